The van der Waals surface area contributed by atoms with E-state index in [4.69, 9.17) is 9.72 Å². The number of hydrogen-bond acceptors (Lipinski definition) is 4. The average molecular weight is 348 g/mol. The van der Waals surface area contributed by atoms with Crippen LogP contribution in [0.2, 0.25) is 0 Å². The lowest BCUT2D eigenvalue weighted by Crippen LogP contribution is -2.35. The Balaban J connectivity index is 1.64. The van der Waals surface area contributed by atoms with Crippen LogP contribution in [-0.4, -0.2) is 39.7 Å². The Hall–Kier alpha value is -2.50. The minimum atomic E-state index is 0.260. The first-order valence-electron chi connectivity index (χ1n) is 9.05. The van der Waals surface area contributed by atoms with Crippen LogP contribution in [0.1, 0.15) is 28.6 Å². The minimum absolute atomic E-state index is 0.260. The van der Waals surface area contributed by atoms with Crippen molar-refractivity contribution >= 4 is 0 Å². The first-order valence-corrected chi connectivity index (χ1v) is 9.05. The Morgan fingerprint density at radius 2 is 1.96 bits per heavy atom. The van der Waals surface area contributed by atoms with Crippen molar-refractivity contribution in [1.29, 1.82) is 0 Å². The Morgan fingerprint density at radius 3 is 2.81 bits per heavy atom. The molecule has 26 heavy (non-hydrogen) atoms. The van der Waals surface area contributed by atoms with Gasteiger partial charge < -0.3 is 9.30 Å². The number of ether oxygens (including phenoxy) is 1. The average Bonchev–Trinajstić information content (AvgIpc) is 3.15. The molecule has 1 aliphatic rings. The summed E-state index contributed by atoms with van der Waals surface area (Å²) >= 11 is 0. The molecule has 0 amide bonds. The van der Waals surface area contributed by atoms with E-state index in [1.807, 2.05) is 18.5 Å². The van der Waals surface area contributed by atoms with Gasteiger partial charge in [0, 0.05) is 51.9 Å². The molecule has 0 aliphatic carbocycles. The van der Waals surface area contributed by atoms with E-state index in [1.165, 1.54) is 11.1 Å². The SMILES string of the molecule is COCCn1ccnc1[C@H]1CN(Cc2ccccn2)Cc2ccccc21. The molecule has 2 aromatic heterocycles. The second-order valence-electron chi connectivity index (χ2n) is 6.71. The molecule has 5 nitrogen and oxygen atoms in total. The van der Waals surface area contributed by atoms with E-state index < -0.39 is 0 Å². The molecule has 0 saturated heterocycles. The number of benzene rings is 1. The fraction of sp³-hybridized carbons (Fsp3) is 0.333. The molecule has 0 unspecified atom stereocenters. The van der Waals surface area contributed by atoms with Gasteiger partial charge >= 0.3 is 0 Å². The van der Waals surface area contributed by atoms with E-state index >= 15 is 0 Å². The Kier molecular flexibility index (Phi) is 5.09. The summed E-state index contributed by atoms with van der Waals surface area (Å²) in [6, 6.07) is 14.8. The summed E-state index contributed by atoms with van der Waals surface area (Å²) in [6.07, 6.45) is 5.81. The number of methoxy groups -OCH3 is 1. The number of aromatic nitrogens is 3. The number of hydrogen-bond donors (Lipinski definition) is 0. The van der Waals surface area contributed by atoms with Crippen LogP contribution in [0.4, 0.5) is 0 Å². The molecule has 134 valence electrons. The van der Waals surface area contributed by atoms with Gasteiger partial charge in [-0.1, -0.05) is 30.3 Å². The van der Waals surface area contributed by atoms with E-state index in [1.54, 1.807) is 7.11 Å². The maximum absolute atomic E-state index is 5.26. The molecule has 0 saturated carbocycles. The normalized spacial score (nSPS) is 17.2. The van der Waals surface area contributed by atoms with Crippen molar-refractivity contribution in [2.75, 3.05) is 20.3 Å². The lowest BCUT2D eigenvalue weighted by atomic mass is 9.89. The third-order valence-electron chi connectivity index (χ3n) is 4.97. The van der Waals surface area contributed by atoms with Gasteiger partial charge in [0.1, 0.15) is 5.82 Å². The molecule has 5 heteroatoms. The number of rotatable bonds is 6. The third-order valence-corrected chi connectivity index (χ3v) is 4.97. The van der Waals surface area contributed by atoms with Crippen molar-refractivity contribution in [2.24, 2.45) is 0 Å². The van der Waals surface area contributed by atoms with Crippen LogP contribution in [0.3, 0.4) is 0 Å². The van der Waals surface area contributed by atoms with Gasteiger partial charge in [-0.05, 0) is 23.3 Å². The molecule has 1 atom stereocenters. The smallest absolute Gasteiger partial charge is 0.117 e. The number of pyridine rings is 1. The lowest BCUT2D eigenvalue weighted by molar-refractivity contribution is 0.184. The molecule has 0 bridgehead atoms. The summed E-state index contributed by atoms with van der Waals surface area (Å²) in [5.74, 6) is 1.37. The van der Waals surface area contributed by atoms with Crippen LogP contribution in [-0.2, 0) is 24.4 Å². The predicted octanol–water partition coefficient (Wildman–Crippen LogP) is 3.07. The van der Waals surface area contributed by atoms with Crippen LogP contribution in [0.15, 0.2) is 61.1 Å². The van der Waals surface area contributed by atoms with Crippen LogP contribution in [0.5, 0.6) is 0 Å². The van der Waals surface area contributed by atoms with Crippen molar-refractivity contribution in [3.8, 4) is 0 Å². The van der Waals surface area contributed by atoms with E-state index in [9.17, 15) is 0 Å². The quantitative estimate of drug-likeness (QED) is 0.687. The predicted molar refractivity (Wildman–Crippen MR) is 101 cm³/mol. The van der Waals surface area contributed by atoms with Gasteiger partial charge in [-0.3, -0.25) is 9.88 Å². The third kappa shape index (κ3) is 3.54. The highest BCUT2D eigenvalue weighted by molar-refractivity contribution is 5.37. The van der Waals surface area contributed by atoms with Crippen LogP contribution in [0, 0.1) is 0 Å². The fourth-order valence-electron chi connectivity index (χ4n) is 3.75. The standard InChI is InChI=1S/C21H24N4O/c1-26-13-12-25-11-10-23-21(25)20-16-24(15-18-7-4-5-9-22-18)14-17-6-2-3-8-19(17)20/h2-11,20H,12-16H2,1H3/t20-/m0/s1. The monoisotopic (exact) mass is 348 g/mol. The van der Waals surface area contributed by atoms with E-state index in [0.29, 0.717) is 6.61 Å². The van der Waals surface area contributed by atoms with Gasteiger partial charge in [-0.2, -0.15) is 0 Å². The van der Waals surface area contributed by atoms with E-state index in [2.05, 4.69) is 57.0 Å². The summed E-state index contributed by atoms with van der Waals surface area (Å²) < 4.78 is 7.48. The zero-order valence-corrected chi connectivity index (χ0v) is 15.1. The van der Waals surface area contributed by atoms with Crippen LogP contribution < -0.4 is 0 Å². The molecule has 0 radical (unpaired) electrons. The summed E-state index contributed by atoms with van der Waals surface area (Å²) in [4.78, 5) is 11.7. The summed E-state index contributed by atoms with van der Waals surface area (Å²) in [5.41, 5.74) is 3.86. The Morgan fingerprint density at radius 1 is 1.08 bits per heavy atom. The Bertz CT molecular complexity index is 846. The van der Waals surface area contributed by atoms with Gasteiger partial charge in [0.2, 0.25) is 0 Å². The molecule has 1 aromatic carbocycles. The molecule has 3 heterocycles. The first-order chi connectivity index (χ1) is 12.8. The number of imidazole rings is 1. The highest BCUT2D eigenvalue weighted by Gasteiger charge is 2.29. The van der Waals surface area contributed by atoms with Crippen molar-refractivity contribution in [2.45, 2.75) is 25.6 Å². The van der Waals surface area contributed by atoms with Crippen molar-refractivity contribution in [3.63, 3.8) is 0 Å². The minimum Gasteiger partial charge on any atom is -0.383 e. The van der Waals surface area contributed by atoms with Crippen LogP contribution >= 0.6 is 0 Å². The maximum Gasteiger partial charge on any atom is 0.117 e. The molecular weight excluding hydrogens is 324 g/mol. The summed E-state index contributed by atoms with van der Waals surface area (Å²) in [7, 11) is 1.74. The molecule has 0 spiro atoms. The molecular formula is C21H24N4O. The van der Waals surface area contributed by atoms with Gasteiger partial charge in [0.15, 0.2) is 0 Å². The number of fused-ring (bicyclic) bond motifs is 1. The summed E-state index contributed by atoms with van der Waals surface area (Å²) in [5, 5.41) is 0. The van der Waals surface area contributed by atoms with Crippen molar-refractivity contribution in [3.05, 3.63) is 83.7 Å². The lowest BCUT2D eigenvalue weighted by Gasteiger charge is -2.34. The molecule has 4 rings (SSSR count). The first kappa shape index (κ1) is 16.9. The van der Waals surface area contributed by atoms with E-state index in [-0.39, 0.29) is 5.92 Å². The summed E-state index contributed by atoms with van der Waals surface area (Å²) in [6.45, 7) is 4.25. The zero-order valence-electron chi connectivity index (χ0n) is 15.1. The molecule has 3 aromatic rings. The fourth-order valence-corrected chi connectivity index (χ4v) is 3.75. The second kappa shape index (κ2) is 7.81. The van der Waals surface area contributed by atoms with E-state index in [0.717, 1.165) is 37.7 Å². The second-order valence-corrected chi connectivity index (χ2v) is 6.71. The zero-order chi connectivity index (χ0) is 17.8. The largest absolute Gasteiger partial charge is 0.383 e. The topological polar surface area (TPSA) is 43.2 Å². The van der Waals surface area contributed by atoms with Gasteiger partial charge in [-0.15, -0.1) is 0 Å². The van der Waals surface area contributed by atoms with Crippen molar-refractivity contribution < 1.29 is 4.74 Å². The number of nitrogens with zero attached hydrogens (tertiary/aromatic N) is 4. The highest BCUT2D eigenvalue weighted by Crippen LogP contribution is 2.33. The maximum atomic E-state index is 5.26. The molecule has 0 N–H and O–H groups in total. The van der Waals surface area contributed by atoms with Gasteiger partial charge in [-0.25, -0.2) is 4.98 Å². The molecule has 0 fully saturated rings. The Labute approximate surface area is 154 Å². The van der Waals surface area contributed by atoms with Crippen molar-refractivity contribution in [1.82, 2.24) is 19.4 Å². The van der Waals surface area contributed by atoms with Crippen LogP contribution in [0.25, 0.3) is 0 Å². The van der Waals surface area contributed by atoms with Gasteiger partial charge in [0.05, 0.1) is 18.2 Å². The molecule has 1 aliphatic heterocycles. The van der Waals surface area contributed by atoms with Gasteiger partial charge in [0.25, 0.3) is 0 Å². The highest BCUT2D eigenvalue weighted by atomic mass is 16.5.